The second kappa shape index (κ2) is 3.79. The van der Waals surface area contributed by atoms with E-state index >= 15 is 0 Å². The number of anilines is 1. The van der Waals surface area contributed by atoms with Crippen LogP contribution in [0.3, 0.4) is 0 Å². The summed E-state index contributed by atoms with van der Waals surface area (Å²) in [5.41, 5.74) is 6.89. The van der Waals surface area contributed by atoms with Crippen LogP contribution in [0, 0.1) is 5.92 Å². The van der Waals surface area contributed by atoms with Crippen molar-refractivity contribution in [2.45, 2.75) is 18.9 Å². The highest BCUT2D eigenvalue weighted by molar-refractivity contribution is 5.87. The van der Waals surface area contributed by atoms with Gasteiger partial charge in [-0.25, -0.2) is 4.98 Å². The quantitative estimate of drug-likeness (QED) is 0.821. The number of aromatic nitrogens is 1. The molecule has 0 spiro atoms. The van der Waals surface area contributed by atoms with Crippen molar-refractivity contribution in [3.05, 3.63) is 24.6 Å². The molecule has 0 saturated heterocycles. The zero-order valence-corrected chi connectivity index (χ0v) is 9.02. The van der Waals surface area contributed by atoms with Crippen LogP contribution < -0.4 is 11.1 Å². The summed E-state index contributed by atoms with van der Waals surface area (Å²) in [5.74, 6) is 1.57. The predicted octanol–water partition coefficient (Wildman–Crippen LogP) is 1.98. The lowest BCUT2D eigenvalue weighted by Gasteiger charge is -2.12. The van der Waals surface area contributed by atoms with E-state index in [1.165, 1.54) is 12.8 Å². The fraction of sp³-hybridized carbons (Fsp3) is 0.417. The van der Waals surface area contributed by atoms with Gasteiger partial charge in [0.15, 0.2) is 0 Å². The van der Waals surface area contributed by atoms with Crippen LogP contribution in [-0.2, 0) is 0 Å². The Morgan fingerprint density at radius 1 is 1.50 bits per heavy atom. The molecule has 0 radical (unpaired) electrons. The zero-order valence-electron chi connectivity index (χ0n) is 9.02. The maximum Gasteiger partial charge on any atom is 0.139 e. The molecule has 1 unspecified atom stereocenters. The molecule has 0 aliphatic heterocycles. The van der Waals surface area contributed by atoms with Crippen LogP contribution in [0.15, 0.2) is 29.0 Å². The van der Waals surface area contributed by atoms with Crippen molar-refractivity contribution >= 4 is 16.8 Å². The van der Waals surface area contributed by atoms with Crippen molar-refractivity contribution in [1.29, 1.82) is 0 Å². The molecule has 4 nitrogen and oxygen atoms in total. The Labute approximate surface area is 93.8 Å². The highest BCUT2D eigenvalue weighted by Crippen LogP contribution is 2.31. The first kappa shape index (κ1) is 9.66. The van der Waals surface area contributed by atoms with Gasteiger partial charge in [-0.2, -0.15) is 0 Å². The molecule has 1 atom stereocenters. The van der Waals surface area contributed by atoms with E-state index in [1.807, 2.05) is 12.1 Å². The molecule has 3 N–H and O–H groups in total. The van der Waals surface area contributed by atoms with Crippen LogP contribution in [0.4, 0.5) is 5.82 Å². The average Bonchev–Trinajstić information content (AvgIpc) is 3.04. The van der Waals surface area contributed by atoms with E-state index in [0.717, 1.165) is 23.3 Å². The maximum absolute atomic E-state index is 6.03. The van der Waals surface area contributed by atoms with Gasteiger partial charge in [-0.1, -0.05) is 0 Å². The second-order valence-corrected chi connectivity index (χ2v) is 4.37. The third-order valence-electron chi connectivity index (χ3n) is 3.11. The normalized spacial score (nSPS) is 17.6. The minimum Gasteiger partial charge on any atom is -0.464 e. The SMILES string of the molecule is NC(CNc1nccc2occc12)C1CC1. The van der Waals surface area contributed by atoms with E-state index < -0.39 is 0 Å². The Kier molecular flexibility index (Phi) is 2.29. The van der Waals surface area contributed by atoms with Gasteiger partial charge in [0.1, 0.15) is 11.4 Å². The molecule has 1 aliphatic rings. The van der Waals surface area contributed by atoms with Gasteiger partial charge in [0, 0.05) is 18.8 Å². The van der Waals surface area contributed by atoms with Crippen molar-refractivity contribution in [2.75, 3.05) is 11.9 Å². The molecule has 0 amide bonds. The summed E-state index contributed by atoms with van der Waals surface area (Å²) in [6.45, 7) is 0.780. The van der Waals surface area contributed by atoms with Gasteiger partial charge in [-0.05, 0) is 30.9 Å². The first-order chi connectivity index (χ1) is 7.84. The molecule has 0 bridgehead atoms. The third kappa shape index (κ3) is 1.76. The van der Waals surface area contributed by atoms with Gasteiger partial charge < -0.3 is 15.5 Å². The summed E-state index contributed by atoms with van der Waals surface area (Å²) in [5, 5.41) is 4.32. The smallest absolute Gasteiger partial charge is 0.139 e. The van der Waals surface area contributed by atoms with E-state index in [9.17, 15) is 0 Å². The average molecular weight is 217 g/mol. The third-order valence-corrected chi connectivity index (χ3v) is 3.11. The van der Waals surface area contributed by atoms with Gasteiger partial charge in [0.05, 0.1) is 11.6 Å². The lowest BCUT2D eigenvalue weighted by atomic mass is 10.2. The molecule has 16 heavy (non-hydrogen) atoms. The highest BCUT2D eigenvalue weighted by atomic mass is 16.3. The van der Waals surface area contributed by atoms with Gasteiger partial charge in [-0.15, -0.1) is 0 Å². The molecule has 1 aliphatic carbocycles. The molecular formula is C12H15N3O. The molecule has 2 heterocycles. The van der Waals surface area contributed by atoms with Crippen molar-refractivity contribution in [2.24, 2.45) is 11.7 Å². The molecule has 3 rings (SSSR count). The molecular weight excluding hydrogens is 202 g/mol. The Morgan fingerprint density at radius 2 is 2.38 bits per heavy atom. The monoisotopic (exact) mass is 217 g/mol. The number of furan rings is 1. The Balaban J connectivity index is 1.75. The van der Waals surface area contributed by atoms with E-state index in [1.54, 1.807) is 12.5 Å². The van der Waals surface area contributed by atoms with Crippen LogP contribution >= 0.6 is 0 Å². The van der Waals surface area contributed by atoms with Crippen LogP contribution in [-0.4, -0.2) is 17.6 Å². The lowest BCUT2D eigenvalue weighted by molar-refractivity contribution is 0.614. The first-order valence-corrected chi connectivity index (χ1v) is 5.66. The molecule has 1 saturated carbocycles. The molecule has 2 aromatic heterocycles. The van der Waals surface area contributed by atoms with Crippen LogP contribution in [0.2, 0.25) is 0 Å². The first-order valence-electron chi connectivity index (χ1n) is 5.66. The summed E-state index contributed by atoms with van der Waals surface area (Å²) >= 11 is 0. The number of pyridine rings is 1. The minimum absolute atomic E-state index is 0.240. The standard InChI is InChI=1S/C12H15N3O/c13-10(8-1-2-8)7-15-12-9-4-6-16-11(9)3-5-14-12/h3-6,8,10H,1-2,7,13H2,(H,14,15). The Morgan fingerprint density at radius 3 is 3.19 bits per heavy atom. The van der Waals surface area contributed by atoms with Crippen molar-refractivity contribution < 1.29 is 4.42 Å². The van der Waals surface area contributed by atoms with Crippen LogP contribution in [0.1, 0.15) is 12.8 Å². The maximum atomic E-state index is 6.03. The molecule has 2 aromatic rings. The highest BCUT2D eigenvalue weighted by Gasteiger charge is 2.28. The Bertz CT molecular complexity index is 490. The van der Waals surface area contributed by atoms with Crippen molar-refractivity contribution in [3.63, 3.8) is 0 Å². The number of nitrogens with two attached hydrogens (primary N) is 1. The fourth-order valence-corrected chi connectivity index (χ4v) is 1.94. The second-order valence-electron chi connectivity index (χ2n) is 4.37. The van der Waals surface area contributed by atoms with Gasteiger partial charge >= 0.3 is 0 Å². The summed E-state index contributed by atoms with van der Waals surface area (Å²) < 4.78 is 5.31. The van der Waals surface area contributed by atoms with Gasteiger partial charge in [0.2, 0.25) is 0 Å². The fourth-order valence-electron chi connectivity index (χ4n) is 1.94. The number of nitrogens with one attached hydrogen (secondary N) is 1. The number of fused-ring (bicyclic) bond motifs is 1. The summed E-state index contributed by atoms with van der Waals surface area (Å²) in [6.07, 6.45) is 5.97. The summed E-state index contributed by atoms with van der Waals surface area (Å²) in [4.78, 5) is 4.30. The molecule has 4 heteroatoms. The topological polar surface area (TPSA) is 64.1 Å². The van der Waals surface area contributed by atoms with Crippen LogP contribution in [0.25, 0.3) is 11.0 Å². The van der Waals surface area contributed by atoms with E-state index in [-0.39, 0.29) is 6.04 Å². The lowest BCUT2D eigenvalue weighted by Crippen LogP contribution is -2.31. The van der Waals surface area contributed by atoms with Crippen molar-refractivity contribution in [1.82, 2.24) is 4.98 Å². The molecule has 84 valence electrons. The predicted molar refractivity (Wildman–Crippen MR) is 63.2 cm³/mol. The van der Waals surface area contributed by atoms with Crippen LogP contribution in [0.5, 0.6) is 0 Å². The summed E-state index contributed by atoms with van der Waals surface area (Å²) in [6, 6.07) is 4.03. The van der Waals surface area contributed by atoms with E-state index in [0.29, 0.717) is 5.92 Å². The van der Waals surface area contributed by atoms with E-state index in [4.69, 9.17) is 10.2 Å². The van der Waals surface area contributed by atoms with Crippen molar-refractivity contribution in [3.8, 4) is 0 Å². The Hall–Kier alpha value is -1.55. The van der Waals surface area contributed by atoms with Gasteiger partial charge in [-0.3, -0.25) is 0 Å². The molecule has 0 aromatic carbocycles. The summed E-state index contributed by atoms with van der Waals surface area (Å²) in [7, 11) is 0. The number of hydrogen-bond donors (Lipinski definition) is 2. The van der Waals surface area contributed by atoms with Gasteiger partial charge in [0.25, 0.3) is 0 Å². The number of rotatable bonds is 4. The van der Waals surface area contributed by atoms with E-state index in [2.05, 4.69) is 10.3 Å². The number of nitrogens with zero attached hydrogens (tertiary/aromatic N) is 1. The zero-order chi connectivity index (χ0) is 11.0. The molecule has 1 fully saturated rings. The minimum atomic E-state index is 0.240. The number of hydrogen-bond acceptors (Lipinski definition) is 4. The largest absolute Gasteiger partial charge is 0.464 e.